The van der Waals surface area contributed by atoms with Gasteiger partial charge in [-0.1, -0.05) is 169 Å². The van der Waals surface area contributed by atoms with Gasteiger partial charge in [0.25, 0.3) is 6.71 Å². The van der Waals surface area contributed by atoms with Crippen LogP contribution < -0.4 is 31.1 Å². The van der Waals surface area contributed by atoms with Crippen LogP contribution in [0.15, 0.2) is 223 Å². The van der Waals surface area contributed by atoms with E-state index in [1.807, 2.05) is 17.4 Å². The van der Waals surface area contributed by atoms with Gasteiger partial charge in [-0.3, -0.25) is 0 Å². The number of nitrogens with zero attached hydrogens (tertiary/aromatic N) is 3. The Kier molecular flexibility index (Phi) is 9.72. The summed E-state index contributed by atoms with van der Waals surface area (Å²) in [5.41, 5.74) is 18.6. The number of furan rings is 1. The molecule has 76 heavy (non-hydrogen) atoms. The van der Waals surface area contributed by atoms with E-state index in [2.05, 4.69) is 269 Å². The molecule has 0 amide bonds. The fraction of sp³-hybridized carbons (Fsp3) is 0.114. The van der Waals surface area contributed by atoms with Crippen LogP contribution in [0, 0.1) is 0 Å². The molecular weight excluding hydrogens is 942 g/mol. The predicted molar refractivity (Wildman–Crippen MR) is 328 cm³/mol. The molecule has 4 heterocycles. The molecular formula is C70H54BN3OS. The summed E-state index contributed by atoms with van der Waals surface area (Å²) >= 11 is 1.91. The monoisotopic (exact) mass is 995 g/mol. The third-order valence-corrected chi connectivity index (χ3v) is 17.5. The summed E-state index contributed by atoms with van der Waals surface area (Å²) < 4.78 is 9.05. The highest BCUT2D eigenvalue weighted by molar-refractivity contribution is 7.26. The van der Waals surface area contributed by atoms with Gasteiger partial charge in [0, 0.05) is 71.7 Å². The zero-order valence-electron chi connectivity index (χ0n) is 43.5. The lowest BCUT2D eigenvalue weighted by atomic mass is 9.33. The van der Waals surface area contributed by atoms with Gasteiger partial charge in [-0.2, -0.15) is 0 Å². The Morgan fingerprint density at radius 1 is 0.408 bits per heavy atom. The summed E-state index contributed by atoms with van der Waals surface area (Å²) in [5, 5.41) is 9.69. The van der Waals surface area contributed by atoms with E-state index in [0.29, 0.717) is 0 Å². The Hall–Kier alpha value is -8.58. The molecule has 11 aromatic carbocycles. The van der Waals surface area contributed by atoms with Crippen LogP contribution in [0.2, 0.25) is 0 Å². The van der Waals surface area contributed by atoms with Crippen LogP contribution in [0.4, 0.5) is 51.2 Å². The summed E-state index contributed by atoms with van der Waals surface area (Å²) in [4.78, 5) is 7.58. The molecule has 15 rings (SSSR count). The minimum atomic E-state index is -0.0517. The molecule has 6 heteroatoms. The van der Waals surface area contributed by atoms with Crippen LogP contribution in [0.25, 0.3) is 63.7 Å². The van der Waals surface area contributed by atoms with Crippen molar-refractivity contribution in [2.45, 2.75) is 52.4 Å². The number of fused-ring (bicyclic) bond motifs is 14. The lowest BCUT2D eigenvalue weighted by Gasteiger charge is -2.44. The van der Waals surface area contributed by atoms with Crippen LogP contribution in [0.1, 0.15) is 52.7 Å². The molecule has 0 saturated carbocycles. The summed E-state index contributed by atoms with van der Waals surface area (Å²) in [6, 6.07) is 81.9. The highest BCUT2D eigenvalue weighted by Gasteiger charge is 2.44. The fourth-order valence-corrected chi connectivity index (χ4v) is 13.8. The van der Waals surface area contributed by atoms with E-state index in [4.69, 9.17) is 4.42 Å². The second-order valence-electron chi connectivity index (χ2n) is 22.9. The van der Waals surface area contributed by atoms with Crippen molar-refractivity contribution in [1.29, 1.82) is 0 Å². The minimum Gasteiger partial charge on any atom is -0.456 e. The van der Waals surface area contributed by atoms with Crippen molar-refractivity contribution in [2.75, 3.05) is 14.7 Å². The van der Waals surface area contributed by atoms with Crippen LogP contribution >= 0.6 is 11.3 Å². The maximum atomic E-state index is 6.44. The van der Waals surface area contributed by atoms with Crippen LogP contribution in [0.5, 0.6) is 0 Å². The first-order chi connectivity index (χ1) is 36.9. The number of benzene rings is 11. The highest BCUT2D eigenvalue weighted by atomic mass is 32.1. The second-order valence-corrected chi connectivity index (χ2v) is 24.0. The van der Waals surface area contributed by atoms with Crippen molar-refractivity contribution in [3.63, 3.8) is 0 Å². The van der Waals surface area contributed by atoms with Crippen molar-refractivity contribution >= 4 is 149 Å². The van der Waals surface area contributed by atoms with Crippen molar-refractivity contribution in [1.82, 2.24) is 0 Å². The quantitative estimate of drug-likeness (QED) is 0.127. The van der Waals surface area contributed by atoms with E-state index in [1.54, 1.807) is 0 Å². The molecule has 0 saturated heterocycles. The van der Waals surface area contributed by atoms with Crippen molar-refractivity contribution in [3.8, 4) is 0 Å². The normalized spacial score (nSPS) is 13.3. The van der Waals surface area contributed by atoms with Gasteiger partial charge in [-0.15, -0.1) is 11.3 Å². The minimum absolute atomic E-state index is 0.000287. The van der Waals surface area contributed by atoms with E-state index in [-0.39, 0.29) is 17.5 Å². The lowest BCUT2D eigenvalue weighted by Crippen LogP contribution is -2.61. The number of thiophene rings is 1. The number of rotatable bonds is 5. The number of anilines is 9. The molecule has 0 radical (unpaired) electrons. The van der Waals surface area contributed by atoms with Crippen LogP contribution in [-0.4, -0.2) is 6.71 Å². The molecule has 0 fully saturated rings. The zero-order chi connectivity index (χ0) is 51.2. The first kappa shape index (κ1) is 44.9. The number of para-hydroxylation sites is 1. The number of hydrogen-bond donors (Lipinski definition) is 0. The maximum absolute atomic E-state index is 6.44. The van der Waals surface area contributed by atoms with Crippen molar-refractivity contribution < 1.29 is 4.42 Å². The van der Waals surface area contributed by atoms with Crippen LogP contribution in [-0.2, 0) is 10.8 Å². The molecule has 0 aliphatic carbocycles. The molecule has 0 N–H and O–H groups in total. The summed E-state index contributed by atoms with van der Waals surface area (Å²) in [5.74, 6) is 0. The van der Waals surface area contributed by atoms with E-state index in [1.165, 1.54) is 86.3 Å². The Labute approximate surface area is 447 Å². The van der Waals surface area contributed by atoms with Gasteiger partial charge in [-0.05, 0) is 151 Å². The Bertz CT molecular complexity index is 4520. The SMILES string of the molecule is CC(C)(C)c1ccc(N2c3cc(N(c4ccc5ccc6ccccc6c5c4)c4ccc5oc6ccccc6c5c4)ccc3B3c4ccc5c(sc6ccccc65)c4N(c4ccc(C(C)(C)C)cc4)c4cccc2c43)cc1. The van der Waals surface area contributed by atoms with Gasteiger partial charge in [0.2, 0.25) is 0 Å². The van der Waals surface area contributed by atoms with Crippen LogP contribution in [0.3, 0.4) is 0 Å². The Morgan fingerprint density at radius 3 is 1.70 bits per heavy atom. The average Bonchev–Trinajstić information content (AvgIpc) is 4.14. The van der Waals surface area contributed by atoms with Crippen molar-refractivity contribution in [2.24, 2.45) is 0 Å². The molecule has 4 nitrogen and oxygen atoms in total. The maximum Gasteiger partial charge on any atom is 0.252 e. The third kappa shape index (κ3) is 6.83. The average molecular weight is 996 g/mol. The highest BCUT2D eigenvalue weighted by Crippen LogP contribution is 2.50. The molecule has 0 spiro atoms. The largest absolute Gasteiger partial charge is 0.456 e. The number of hydrogen-bond acceptors (Lipinski definition) is 5. The summed E-state index contributed by atoms with van der Waals surface area (Å²) in [7, 11) is 0. The fourth-order valence-electron chi connectivity index (χ4n) is 12.5. The standard InChI is InChI=1S/C70H54BN3OS/c1-69(2,3)45-25-30-47(31-26-45)73-60-18-13-19-61-66(60)71(59-38-36-55-54-17-10-12-21-65(54)76-68(55)67(59)74(61)48-32-27-46(28-33-48)70(4,5)6)58-37-34-51(42-62(58)73)72(50-35-39-64-57(41-50)53-16-9-11-20-63(53)75-64)49-29-24-44-23-22-43-14-7-8-15-52(43)56(44)40-49/h7-42H,1-6H3. The first-order valence-electron chi connectivity index (χ1n) is 26.6. The van der Waals surface area contributed by atoms with Gasteiger partial charge in [-0.25, -0.2) is 0 Å². The predicted octanol–water partition coefficient (Wildman–Crippen LogP) is 18.4. The summed E-state index contributed by atoms with van der Waals surface area (Å²) in [6.07, 6.45) is 0. The summed E-state index contributed by atoms with van der Waals surface area (Å²) in [6.45, 7) is 13.7. The van der Waals surface area contributed by atoms with E-state index in [9.17, 15) is 0 Å². The molecule has 0 bridgehead atoms. The molecule has 364 valence electrons. The smallest absolute Gasteiger partial charge is 0.252 e. The lowest BCUT2D eigenvalue weighted by molar-refractivity contribution is 0.590. The molecule has 2 aromatic heterocycles. The van der Waals surface area contributed by atoms with Crippen molar-refractivity contribution in [3.05, 3.63) is 230 Å². The molecule has 2 aliphatic rings. The second kappa shape index (κ2) is 16.5. The first-order valence-corrected chi connectivity index (χ1v) is 27.4. The molecule has 13 aromatic rings. The molecule has 2 aliphatic heterocycles. The van der Waals surface area contributed by atoms with Gasteiger partial charge in [0.1, 0.15) is 11.2 Å². The van der Waals surface area contributed by atoms with Gasteiger partial charge >= 0.3 is 0 Å². The van der Waals surface area contributed by atoms with E-state index < -0.39 is 0 Å². The van der Waals surface area contributed by atoms with Gasteiger partial charge < -0.3 is 19.1 Å². The van der Waals surface area contributed by atoms with E-state index >= 15 is 0 Å². The van der Waals surface area contributed by atoms with Gasteiger partial charge in [0.05, 0.1) is 10.4 Å². The Balaban J connectivity index is 1.00. The molecule has 0 atom stereocenters. The Morgan fingerprint density at radius 2 is 0.961 bits per heavy atom. The topological polar surface area (TPSA) is 22.9 Å². The van der Waals surface area contributed by atoms with Gasteiger partial charge in [0.15, 0.2) is 0 Å². The third-order valence-electron chi connectivity index (χ3n) is 16.3. The molecule has 0 unspecified atom stereocenters. The van der Waals surface area contributed by atoms with E-state index in [0.717, 1.165) is 56.1 Å². The zero-order valence-corrected chi connectivity index (χ0v) is 44.3.